The maximum Gasteiger partial charge on any atom is -0.0219 e. The lowest BCUT2D eigenvalue weighted by molar-refractivity contribution is 0.860. The zero-order valence-electron chi connectivity index (χ0n) is 8.52. The summed E-state index contributed by atoms with van der Waals surface area (Å²) in [5, 5.41) is 0. The van der Waals surface area contributed by atoms with E-state index in [0.717, 1.165) is 6.42 Å². The van der Waals surface area contributed by atoms with Crippen LogP contribution in [-0.2, 0) is 6.42 Å². The Morgan fingerprint density at radius 3 is 2.33 bits per heavy atom. The van der Waals surface area contributed by atoms with Crippen LogP contribution in [0.5, 0.6) is 0 Å². The summed E-state index contributed by atoms with van der Waals surface area (Å²) in [6.07, 6.45) is 1.14. The van der Waals surface area contributed by atoms with Gasteiger partial charge in [-0.05, 0) is 30.4 Å². The molecule has 0 aromatic heterocycles. The zero-order valence-corrected chi connectivity index (χ0v) is 8.52. The fourth-order valence-electron chi connectivity index (χ4n) is 1.43. The highest BCUT2D eigenvalue weighted by atomic mass is 14.1. The number of rotatable bonds is 2. The Balaban J connectivity index is 3.06. The summed E-state index contributed by atoms with van der Waals surface area (Å²) < 4.78 is 0. The highest BCUT2D eigenvalue weighted by molar-refractivity contribution is 5.31. The van der Waals surface area contributed by atoms with E-state index in [1.165, 1.54) is 16.7 Å². The van der Waals surface area contributed by atoms with Crippen LogP contribution in [0.1, 0.15) is 43.4 Å². The Labute approximate surface area is 75.6 Å². The van der Waals surface area contributed by atoms with Crippen molar-refractivity contribution in [1.82, 2.24) is 0 Å². The fraction of sp³-hybridized carbons (Fsp3) is 0.500. The first-order valence-electron chi connectivity index (χ1n) is 4.74. The number of benzene rings is 1. The second-order valence-corrected chi connectivity index (χ2v) is 3.76. The Morgan fingerprint density at radius 2 is 1.83 bits per heavy atom. The molecule has 0 fully saturated rings. The fourth-order valence-corrected chi connectivity index (χ4v) is 1.43. The Bertz CT molecular complexity index is 259. The molecule has 12 heavy (non-hydrogen) atoms. The van der Waals surface area contributed by atoms with Gasteiger partial charge in [-0.1, -0.05) is 44.5 Å². The molecule has 0 atom stereocenters. The second kappa shape index (κ2) is 3.75. The predicted octanol–water partition coefficient (Wildman–Crippen LogP) is 3.68. The van der Waals surface area contributed by atoms with Crippen LogP contribution in [0.25, 0.3) is 0 Å². The van der Waals surface area contributed by atoms with Crippen molar-refractivity contribution >= 4 is 0 Å². The maximum atomic E-state index is 2.32. The van der Waals surface area contributed by atoms with Crippen molar-refractivity contribution < 1.29 is 0 Å². The summed E-state index contributed by atoms with van der Waals surface area (Å²) in [7, 11) is 0. The van der Waals surface area contributed by atoms with Gasteiger partial charge < -0.3 is 0 Å². The molecule has 0 radical (unpaired) electrons. The third kappa shape index (κ3) is 2.10. The monoisotopic (exact) mass is 162 g/mol. The van der Waals surface area contributed by atoms with Gasteiger partial charge in [0.25, 0.3) is 0 Å². The van der Waals surface area contributed by atoms with Gasteiger partial charge in [-0.3, -0.25) is 0 Å². The quantitative estimate of drug-likeness (QED) is 0.622. The second-order valence-electron chi connectivity index (χ2n) is 3.76. The van der Waals surface area contributed by atoms with Crippen LogP contribution in [0.3, 0.4) is 0 Å². The highest BCUT2D eigenvalue weighted by Gasteiger charge is 2.00. The van der Waals surface area contributed by atoms with E-state index in [4.69, 9.17) is 0 Å². The molecule has 1 aromatic rings. The van der Waals surface area contributed by atoms with Crippen molar-refractivity contribution in [3.63, 3.8) is 0 Å². The predicted molar refractivity (Wildman–Crippen MR) is 54.6 cm³/mol. The minimum Gasteiger partial charge on any atom is -0.0613 e. The van der Waals surface area contributed by atoms with Crippen molar-refractivity contribution in [2.75, 3.05) is 0 Å². The molecule has 0 spiro atoms. The molecule has 0 aliphatic rings. The van der Waals surface area contributed by atoms with Crippen molar-refractivity contribution in [2.24, 2.45) is 0 Å². The van der Waals surface area contributed by atoms with Crippen molar-refractivity contribution in [3.05, 3.63) is 34.9 Å². The number of aryl methyl sites for hydroxylation is 2. The molecule has 0 amide bonds. The molecule has 0 nitrogen and oxygen atoms in total. The summed E-state index contributed by atoms with van der Waals surface area (Å²) in [5.74, 6) is 0.648. The standard InChI is InChI=1S/C12H18/c1-5-11-6-10(4)7-12(8-11)9(2)3/h6-9H,5H2,1-4H3. The molecule has 1 aromatic carbocycles. The van der Waals surface area contributed by atoms with E-state index in [1.54, 1.807) is 0 Å². The zero-order chi connectivity index (χ0) is 9.14. The molecule has 0 aliphatic heterocycles. The van der Waals surface area contributed by atoms with Gasteiger partial charge >= 0.3 is 0 Å². The molecule has 0 saturated carbocycles. The first-order chi connectivity index (χ1) is 5.63. The smallest absolute Gasteiger partial charge is 0.0219 e. The lowest BCUT2D eigenvalue weighted by Crippen LogP contribution is -1.91. The van der Waals surface area contributed by atoms with Gasteiger partial charge in [-0.15, -0.1) is 0 Å². The lowest BCUT2D eigenvalue weighted by atomic mass is 9.97. The summed E-state index contributed by atoms with van der Waals surface area (Å²) >= 11 is 0. The Morgan fingerprint density at radius 1 is 1.17 bits per heavy atom. The van der Waals surface area contributed by atoms with Gasteiger partial charge in [-0.2, -0.15) is 0 Å². The van der Waals surface area contributed by atoms with Gasteiger partial charge in [-0.25, -0.2) is 0 Å². The van der Waals surface area contributed by atoms with Gasteiger partial charge in [0.15, 0.2) is 0 Å². The average Bonchev–Trinajstić information content (AvgIpc) is 2.03. The average molecular weight is 162 g/mol. The molecule has 66 valence electrons. The first kappa shape index (κ1) is 9.31. The number of hydrogen-bond donors (Lipinski definition) is 0. The van der Waals surface area contributed by atoms with Crippen LogP contribution in [0.2, 0.25) is 0 Å². The molecule has 0 saturated heterocycles. The molecule has 0 aliphatic carbocycles. The van der Waals surface area contributed by atoms with Crippen molar-refractivity contribution in [2.45, 2.75) is 40.0 Å². The molecule has 0 unspecified atom stereocenters. The molecule has 0 N–H and O–H groups in total. The van der Waals surface area contributed by atoms with Crippen LogP contribution in [-0.4, -0.2) is 0 Å². The molecular formula is C12H18. The van der Waals surface area contributed by atoms with Crippen molar-refractivity contribution in [1.29, 1.82) is 0 Å². The minimum atomic E-state index is 0.648. The summed E-state index contributed by atoms with van der Waals surface area (Å²) in [6.45, 7) is 8.87. The SMILES string of the molecule is CCc1cc(C)cc(C(C)C)c1. The minimum absolute atomic E-state index is 0.648. The molecule has 0 heteroatoms. The summed E-state index contributed by atoms with van der Waals surface area (Å²) in [5.41, 5.74) is 4.31. The van der Waals surface area contributed by atoms with E-state index in [0.29, 0.717) is 5.92 Å². The third-order valence-corrected chi connectivity index (χ3v) is 2.23. The van der Waals surface area contributed by atoms with Crippen LogP contribution in [0.4, 0.5) is 0 Å². The molecule has 0 bridgehead atoms. The maximum absolute atomic E-state index is 2.32. The molecular weight excluding hydrogens is 144 g/mol. The van der Waals surface area contributed by atoms with E-state index in [9.17, 15) is 0 Å². The first-order valence-corrected chi connectivity index (χ1v) is 4.74. The van der Waals surface area contributed by atoms with Crippen molar-refractivity contribution in [3.8, 4) is 0 Å². The van der Waals surface area contributed by atoms with Gasteiger partial charge in [0.1, 0.15) is 0 Å². The topological polar surface area (TPSA) is 0 Å². The van der Waals surface area contributed by atoms with E-state index in [-0.39, 0.29) is 0 Å². The summed E-state index contributed by atoms with van der Waals surface area (Å²) in [4.78, 5) is 0. The Kier molecular flexibility index (Phi) is 2.91. The van der Waals surface area contributed by atoms with Crippen LogP contribution < -0.4 is 0 Å². The van der Waals surface area contributed by atoms with E-state index in [2.05, 4.69) is 45.9 Å². The third-order valence-electron chi connectivity index (χ3n) is 2.23. The lowest BCUT2D eigenvalue weighted by Gasteiger charge is -2.08. The van der Waals surface area contributed by atoms with Gasteiger partial charge in [0, 0.05) is 0 Å². The van der Waals surface area contributed by atoms with Crippen LogP contribution in [0, 0.1) is 6.92 Å². The van der Waals surface area contributed by atoms with E-state index < -0.39 is 0 Å². The molecule has 0 heterocycles. The Hall–Kier alpha value is -0.780. The van der Waals surface area contributed by atoms with Gasteiger partial charge in [0.2, 0.25) is 0 Å². The normalized spacial score (nSPS) is 10.8. The van der Waals surface area contributed by atoms with Crippen LogP contribution >= 0.6 is 0 Å². The van der Waals surface area contributed by atoms with Crippen LogP contribution in [0.15, 0.2) is 18.2 Å². The number of hydrogen-bond acceptors (Lipinski definition) is 0. The highest BCUT2D eigenvalue weighted by Crippen LogP contribution is 2.18. The van der Waals surface area contributed by atoms with Gasteiger partial charge in [0.05, 0.1) is 0 Å². The summed E-state index contributed by atoms with van der Waals surface area (Å²) in [6, 6.07) is 6.87. The largest absolute Gasteiger partial charge is 0.0613 e. The molecule has 1 rings (SSSR count). The van der Waals surface area contributed by atoms with E-state index in [1.807, 2.05) is 0 Å². The van der Waals surface area contributed by atoms with E-state index >= 15 is 0 Å².